The number of nitrogens with one attached hydrogen (secondary N) is 2. The molecule has 20 heavy (non-hydrogen) atoms. The van der Waals surface area contributed by atoms with Crippen molar-refractivity contribution in [2.24, 2.45) is 0 Å². The highest BCUT2D eigenvalue weighted by Gasteiger charge is 2.17. The molecule has 2 aromatic rings. The summed E-state index contributed by atoms with van der Waals surface area (Å²) in [6.07, 6.45) is 1.48. The van der Waals surface area contributed by atoms with Crippen molar-refractivity contribution in [3.8, 4) is 0 Å². The van der Waals surface area contributed by atoms with Crippen molar-refractivity contribution in [1.82, 2.24) is 15.5 Å². The fourth-order valence-electron chi connectivity index (χ4n) is 1.45. The summed E-state index contributed by atoms with van der Waals surface area (Å²) in [5.74, 6) is 0.209. The standard InChI is InChI=1S/C12H16N4O2S2/c1-9(2)13-7-10-6-11(8-19-10)20(17,18)16-12-4-3-5-14-15-12/h3-6,8-9,13H,7H2,1-2H3,(H,15,16). The fourth-order valence-corrected chi connectivity index (χ4v) is 3.67. The highest BCUT2D eigenvalue weighted by Crippen LogP contribution is 2.21. The molecule has 2 N–H and O–H groups in total. The topological polar surface area (TPSA) is 84.0 Å². The van der Waals surface area contributed by atoms with Gasteiger partial charge in [-0.05, 0) is 18.2 Å². The third kappa shape index (κ3) is 3.99. The maximum Gasteiger partial charge on any atom is 0.263 e. The highest BCUT2D eigenvalue weighted by atomic mass is 32.2. The first-order valence-corrected chi connectivity index (χ1v) is 8.45. The fraction of sp³-hybridized carbons (Fsp3) is 0.333. The van der Waals surface area contributed by atoms with E-state index in [1.165, 1.54) is 17.5 Å². The molecule has 0 bridgehead atoms. The Hall–Kier alpha value is -1.51. The summed E-state index contributed by atoms with van der Waals surface area (Å²) in [7, 11) is -3.60. The van der Waals surface area contributed by atoms with Gasteiger partial charge in [-0.1, -0.05) is 13.8 Å². The molecule has 0 unspecified atom stereocenters. The van der Waals surface area contributed by atoms with Crippen molar-refractivity contribution < 1.29 is 8.42 Å². The molecule has 2 aromatic heterocycles. The van der Waals surface area contributed by atoms with E-state index in [4.69, 9.17) is 0 Å². The van der Waals surface area contributed by atoms with Gasteiger partial charge >= 0.3 is 0 Å². The Bertz CT molecular complexity index is 653. The van der Waals surface area contributed by atoms with E-state index in [0.717, 1.165) is 4.88 Å². The molecule has 6 nitrogen and oxygen atoms in total. The molecule has 8 heteroatoms. The Labute approximate surface area is 122 Å². The maximum absolute atomic E-state index is 12.2. The predicted octanol–water partition coefficient (Wildman–Crippen LogP) is 1.84. The molecule has 2 heterocycles. The van der Waals surface area contributed by atoms with E-state index in [1.807, 2.05) is 13.8 Å². The van der Waals surface area contributed by atoms with E-state index in [2.05, 4.69) is 20.2 Å². The molecule has 0 atom stereocenters. The molecule has 0 aliphatic rings. The summed E-state index contributed by atoms with van der Waals surface area (Å²) in [6, 6.07) is 5.20. The quantitative estimate of drug-likeness (QED) is 0.850. The summed E-state index contributed by atoms with van der Waals surface area (Å²) in [5, 5.41) is 12.2. The second-order valence-electron chi connectivity index (χ2n) is 4.50. The van der Waals surface area contributed by atoms with E-state index in [9.17, 15) is 8.42 Å². The van der Waals surface area contributed by atoms with Crippen LogP contribution in [0, 0.1) is 0 Å². The maximum atomic E-state index is 12.2. The van der Waals surface area contributed by atoms with Crippen LogP contribution in [0.3, 0.4) is 0 Å². The third-order valence-electron chi connectivity index (χ3n) is 2.44. The average molecular weight is 312 g/mol. The van der Waals surface area contributed by atoms with Gasteiger partial charge in [0.15, 0.2) is 5.82 Å². The van der Waals surface area contributed by atoms with E-state index >= 15 is 0 Å². The Morgan fingerprint density at radius 1 is 1.40 bits per heavy atom. The number of rotatable bonds is 6. The number of hydrogen-bond donors (Lipinski definition) is 2. The lowest BCUT2D eigenvalue weighted by atomic mass is 10.4. The van der Waals surface area contributed by atoms with Gasteiger partial charge in [-0.15, -0.1) is 16.4 Å². The normalized spacial score (nSPS) is 11.8. The van der Waals surface area contributed by atoms with Gasteiger partial charge < -0.3 is 5.32 Å². The first-order chi connectivity index (χ1) is 9.47. The number of aromatic nitrogens is 2. The van der Waals surface area contributed by atoms with Crippen LogP contribution in [0.1, 0.15) is 18.7 Å². The van der Waals surface area contributed by atoms with E-state index in [-0.39, 0.29) is 10.7 Å². The summed E-state index contributed by atoms with van der Waals surface area (Å²) in [5.41, 5.74) is 0. The van der Waals surface area contributed by atoms with Crippen LogP contribution in [0.5, 0.6) is 0 Å². The molecular weight excluding hydrogens is 296 g/mol. The van der Waals surface area contributed by atoms with Crippen LogP contribution in [0.25, 0.3) is 0 Å². The van der Waals surface area contributed by atoms with Gasteiger partial charge in [0.05, 0.1) is 4.90 Å². The summed E-state index contributed by atoms with van der Waals surface area (Å²) in [4.78, 5) is 1.21. The van der Waals surface area contributed by atoms with Crippen molar-refractivity contribution in [2.75, 3.05) is 4.72 Å². The number of nitrogens with zero attached hydrogens (tertiary/aromatic N) is 2. The molecule has 0 aromatic carbocycles. The van der Waals surface area contributed by atoms with Gasteiger partial charge in [0.2, 0.25) is 0 Å². The van der Waals surface area contributed by atoms with Crippen molar-refractivity contribution in [2.45, 2.75) is 31.3 Å². The molecule has 0 saturated carbocycles. The SMILES string of the molecule is CC(C)NCc1cc(S(=O)(=O)Nc2cccnn2)cs1. The summed E-state index contributed by atoms with van der Waals surface area (Å²) < 4.78 is 26.7. The minimum absolute atomic E-state index is 0.209. The van der Waals surface area contributed by atoms with Gasteiger partial charge in [-0.2, -0.15) is 5.10 Å². The van der Waals surface area contributed by atoms with Crippen molar-refractivity contribution >= 4 is 27.2 Å². The second kappa shape index (κ2) is 6.29. The highest BCUT2D eigenvalue weighted by molar-refractivity contribution is 7.92. The van der Waals surface area contributed by atoms with Crippen LogP contribution in [-0.2, 0) is 16.6 Å². The number of anilines is 1. The largest absolute Gasteiger partial charge is 0.310 e. The molecule has 0 saturated heterocycles. The summed E-state index contributed by atoms with van der Waals surface area (Å²) in [6.45, 7) is 4.74. The van der Waals surface area contributed by atoms with Crippen molar-refractivity contribution in [1.29, 1.82) is 0 Å². The minimum Gasteiger partial charge on any atom is -0.310 e. The Morgan fingerprint density at radius 3 is 2.85 bits per heavy atom. The van der Waals surface area contributed by atoms with Gasteiger partial charge in [0.1, 0.15) is 0 Å². The van der Waals surface area contributed by atoms with Crippen LogP contribution in [-0.4, -0.2) is 24.7 Å². The lowest BCUT2D eigenvalue weighted by Gasteiger charge is -2.05. The van der Waals surface area contributed by atoms with Crippen LogP contribution in [0.4, 0.5) is 5.82 Å². The van der Waals surface area contributed by atoms with Gasteiger partial charge in [-0.3, -0.25) is 4.72 Å². The first-order valence-electron chi connectivity index (χ1n) is 6.09. The van der Waals surface area contributed by atoms with Gasteiger partial charge in [-0.25, -0.2) is 8.42 Å². The number of sulfonamides is 1. The average Bonchev–Trinajstić information content (AvgIpc) is 2.86. The number of thiophene rings is 1. The zero-order valence-corrected chi connectivity index (χ0v) is 12.8. The molecule has 0 spiro atoms. The smallest absolute Gasteiger partial charge is 0.263 e. The monoisotopic (exact) mass is 312 g/mol. The zero-order chi connectivity index (χ0) is 14.6. The lowest BCUT2D eigenvalue weighted by Crippen LogP contribution is -2.21. The number of hydrogen-bond acceptors (Lipinski definition) is 6. The van der Waals surface area contributed by atoms with Crippen molar-refractivity contribution in [3.63, 3.8) is 0 Å². The van der Waals surface area contributed by atoms with E-state index in [1.54, 1.807) is 23.6 Å². The van der Waals surface area contributed by atoms with Crippen LogP contribution >= 0.6 is 11.3 Å². The van der Waals surface area contributed by atoms with E-state index < -0.39 is 10.0 Å². The first kappa shape index (κ1) is 14.9. The molecule has 2 rings (SSSR count). The molecule has 0 radical (unpaired) electrons. The van der Waals surface area contributed by atoms with Crippen LogP contribution < -0.4 is 10.0 Å². The van der Waals surface area contributed by atoms with E-state index in [0.29, 0.717) is 12.6 Å². The minimum atomic E-state index is -3.60. The third-order valence-corrected chi connectivity index (χ3v) is 4.86. The predicted molar refractivity (Wildman–Crippen MR) is 79.1 cm³/mol. The molecule has 0 amide bonds. The molecule has 108 valence electrons. The summed E-state index contributed by atoms with van der Waals surface area (Å²) >= 11 is 1.41. The molecule has 0 aliphatic carbocycles. The Balaban J connectivity index is 2.10. The van der Waals surface area contributed by atoms with Gasteiger partial charge in [0.25, 0.3) is 10.0 Å². The van der Waals surface area contributed by atoms with Crippen molar-refractivity contribution in [3.05, 3.63) is 34.7 Å². The Kier molecular flexibility index (Phi) is 4.69. The Morgan fingerprint density at radius 2 is 2.20 bits per heavy atom. The molecule has 0 fully saturated rings. The van der Waals surface area contributed by atoms with Gasteiger partial charge in [0, 0.05) is 29.0 Å². The van der Waals surface area contributed by atoms with Crippen LogP contribution in [0.2, 0.25) is 0 Å². The van der Waals surface area contributed by atoms with Crippen LogP contribution in [0.15, 0.2) is 34.7 Å². The molecule has 0 aliphatic heterocycles. The second-order valence-corrected chi connectivity index (χ2v) is 7.18. The zero-order valence-electron chi connectivity index (χ0n) is 11.2. The molecular formula is C12H16N4O2S2. The lowest BCUT2D eigenvalue weighted by molar-refractivity contribution is 0.592.